The van der Waals surface area contributed by atoms with Gasteiger partial charge in [-0.25, -0.2) is 9.37 Å². The molecule has 230 valence electrons. The van der Waals surface area contributed by atoms with Gasteiger partial charge in [0.1, 0.15) is 24.4 Å². The summed E-state index contributed by atoms with van der Waals surface area (Å²) in [4.78, 5) is 46.5. The molecular formula is C30H41FN4O6S. The van der Waals surface area contributed by atoms with E-state index in [9.17, 15) is 18.8 Å². The predicted molar refractivity (Wildman–Crippen MR) is 157 cm³/mol. The van der Waals surface area contributed by atoms with Crippen LogP contribution in [-0.2, 0) is 30.4 Å². The lowest BCUT2D eigenvalue weighted by Gasteiger charge is -2.35. The maximum absolute atomic E-state index is 14.4. The van der Waals surface area contributed by atoms with E-state index in [2.05, 4.69) is 15.6 Å². The van der Waals surface area contributed by atoms with Crippen LogP contribution in [0.1, 0.15) is 57.7 Å². The first-order valence-electron chi connectivity index (χ1n) is 14.2. The van der Waals surface area contributed by atoms with Crippen LogP contribution in [0.25, 0.3) is 10.4 Å². The Balaban J connectivity index is 1.48. The lowest BCUT2D eigenvalue weighted by molar-refractivity contribution is -0.144. The number of carbonyl (C=O) groups is 3. The van der Waals surface area contributed by atoms with Gasteiger partial charge in [-0.15, -0.1) is 11.3 Å². The molecule has 1 aliphatic carbocycles. The Kier molecular flexibility index (Phi) is 9.89. The molecule has 12 heteroatoms. The highest BCUT2D eigenvalue weighted by molar-refractivity contribution is 7.13. The van der Waals surface area contributed by atoms with Crippen LogP contribution in [0.5, 0.6) is 5.75 Å². The molecule has 2 N–H and O–H groups in total. The zero-order valence-electron chi connectivity index (χ0n) is 25.1. The van der Waals surface area contributed by atoms with Crippen LogP contribution in [-0.4, -0.2) is 79.0 Å². The average Bonchev–Trinajstić information content (AvgIpc) is 3.32. The molecule has 10 nitrogen and oxygen atoms in total. The fourth-order valence-electron chi connectivity index (χ4n) is 4.96. The number of rotatable bonds is 12. The number of amides is 3. The summed E-state index contributed by atoms with van der Waals surface area (Å²) < 4.78 is 31.0. The van der Waals surface area contributed by atoms with Crippen molar-refractivity contribution in [2.75, 3.05) is 27.4 Å². The Hall–Kier alpha value is -3.09. The van der Waals surface area contributed by atoms with Crippen LogP contribution in [0.2, 0.25) is 0 Å². The van der Waals surface area contributed by atoms with E-state index in [1.54, 1.807) is 5.51 Å². The van der Waals surface area contributed by atoms with E-state index in [4.69, 9.17) is 14.2 Å². The Morgan fingerprint density at radius 3 is 2.52 bits per heavy atom. The van der Waals surface area contributed by atoms with E-state index in [0.29, 0.717) is 25.1 Å². The van der Waals surface area contributed by atoms with Gasteiger partial charge in [0.05, 0.1) is 16.1 Å². The first kappa shape index (κ1) is 31.8. The molecule has 2 fully saturated rings. The second kappa shape index (κ2) is 13.0. The van der Waals surface area contributed by atoms with Gasteiger partial charge in [0, 0.05) is 32.9 Å². The summed E-state index contributed by atoms with van der Waals surface area (Å²) in [5.41, 5.74) is 1.81. The molecule has 2 unspecified atom stereocenters. The minimum Gasteiger partial charge on any atom is -0.488 e. The molecule has 2 aliphatic rings. The minimum absolute atomic E-state index is 0.143. The molecule has 0 spiro atoms. The Bertz CT molecular complexity index is 1290. The van der Waals surface area contributed by atoms with Crippen LogP contribution >= 0.6 is 11.3 Å². The van der Waals surface area contributed by atoms with Gasteiger partial charge < -0.3 is 29.7 Å². The number of aromatic nitrogens is 1. The molecule has 2 atom stereocenters. The Labute approximate surface area is 250 Å². The number of thiazole rings is 1. The normalized spacial score (nSPS) is 18.6. The lowest BCUT2D eigenvalue weighted by Crippen LogP contribution is -2.58. The third-order valence-electron chi connectivity index (χ3n) is 7.75. The predicted octanol–water partition coefficient (Wildman–Crippen LogP) is 3.76. The summed E-state index contributed by atoms with van der Waals surface area (Å²) in [6.07, 6.45) is 0.891. The number of hydrogen-bond donors (Lipinski definition) is 2. The standard InChI is InChI=1S/C30H41FN4O6S/c1-18-24(42-17-33-18)19-9-10-20(22(14-19)41-16-23(39-5)40-6)15-32-26(36)21-8-7-13-35(21)27(37)25(29(2,3)4)34-28(38)30(31)11-12-30/h9-10,14,17,21,23,25H,7-8,11-13,15-16H2,1-6H3,(H,32,36)(H,34,38). The van der Waals surface area contributed by atoms with Crippen molar-refractivity contribution in [2.24, 2.45) is 5.41 Å². The van der Waals surface area contributed by atoms with E-state index in [0.717, 1.165) is 21.7 Å². The number of aryl methyl sites for hydroxylation is 1. The largest absolute Gasteiger partial charge is 0.488 e. The van der Waals surface area contributed by atoms with E-state index >= 15 is 0 Å². The van der Waals surface area contributed by atoms with Crippen molar-refractivity contribution in [3.63, 3.8) is 0 Å². The number of halogens is 1. The number of hydrogen-bond acceptors (Lipinski definition) is 8. The number of alkyl halides is 1. The van der Waals surface area contributed by atoms with Crippen LogP contribution in [0.15, 0.2) is 23.7 Å². The molecule has 1 aromatic carbocycles. The summed E-state index contributed by atoms with van der Waals surface area (Å²) in [6, 6.07) is 4.10. The Morgan fingerprint density at radius 2 is 1.93 bits per heavy atom. The zero-order chi connectivity index (χ0) is 30.7. The van der Waals surface area contributed by atoms with Crippen molar-refractivity contribution in [3.8, 4) is 16.2 Å². The summed E-state index contributed by atoms with van der Waals surface area (Å²) in [5.74, 6) is -0.875. The summed E-state index contributed by atoms with van der Waals surface area (Å²) in [5, 5.41) is 5.60. The molecule has 0 bridgehead atoms. The summed E-state index contributed by atoms with van der Waals surface area (Å²) in [6.45, 7) is 8.08. The molecule has 0 radical (unpaired) electrons. The van der Waals surface area contributed by atoms with Gasteiger partial charge in [-0.3, -0.25) is 14.4 Å². The Morgan fingerprint density at radius 1 is 1.21 bits per heavy atom. The van der Waals surface area contributed by atoms with Gasteiger partial charge >= 0.3 is 0 Å². The van der Waals surface area contributed by atoms with Crippen molar-refractivity contribution in [2.45, 2.75) is 84.0 Å². The van der Waals surface area contributed by atoms with Crippen LogP contribution in [0.3, 0.4) is 0 Å². The van der Waals surface area contributed by atoms with E-state index in [1.165, 1.54) is 30.5 Å². The second-order valence-electron chi connectivity index (χ2n) is 11.9. The van der Waals surface area contributed by atoms with E-state index in [-0.39, 0.29) is 37.8 Å². The smallest absolute Gasteiger partial charge is 0.258 e. The number of benzene rings is 1. The highest BCUT2D eigenvalue weighted by Gasteiger charge is 2.53. The van der Waals surface area contributed by atoms with Crippen molar-refractivity contribution in [1.82, 2.24) is 20.5 Å². The van der Waals surface area contributed by atoms with Gasteiger partial charge in [0.15, 0.2) is 12.0 Å². The molecular weight excluding hydrogens is 563 g/mol. The van der Waals surface area contributed by atoms with E-state index in [1.807, 2.05) is 45.9 Å². The second-order valence-corrected chi connectivity index (χ2v) is 12.8. The molecule has 1 saturated heterocycles. The molecule has 1 aromatic heterocycles. The quantitative estimate of drug-likeness (QED) is 0.354. The molecule has 1 saturated carbocycles. The van der Waals surface area contributed by atoms with Crippen molar-refractivity contribution in [3.05, 3.63) is 35.0 Å². The van der Waals surface area contributed by atoms with Crippen molar-refractivity contribution >= 4 is 29.1 Å². The minimum atomic E-state index is -1.90. The van der Waals surface area contributed by atoms with Gasteiger partial charge in [-0.05, 0) is 49.7 Å². The molecule has 4 rings (SSSR count). The van der Waals surface area contributed by atoms with Gasteiger partial charge in [-0.2, -0.15) is 0 Å². The fraction of sp³-hybridized carbons (Fsp3) is 0.600. The number of likely N-dealkylation sites (tertiary alicyclic amines) is 1. The summed E-state index contributed by atoms with van der Waals surface area (Å²) >= 11 is 1.53. The van der Waals surface area contributed by atoms with Crippen molar-refractivity contribution < 1.29 is 33.0 Å². The molecule has 3 amide bonds. The highest BCUT2D eigenvalue weighted by atomic mass is 32.1. The maximum atomic E-state index is 14.4. The fourth-order valence-corrected chi connectivity index (χ4v) is 5.76. The third kappa shape index (κ3) is 7.27. The first-order chi connectivity index (χ1) is 19.9. The molecule has 2 heterocycles. The van der Waals surface area contributed by atoms with Gasteiger partial charge in [-0.1, -0.05) is 32.9 Å². The third-order valence-corrected chi connectivity index (χ3v) is 8.73. The van der Waals surface area contributed by atoms with Gasteiger partial charge in [0.25, 0.3) is 5.91 Å². The van der Waals surface area contributed by atoms with E-state index < -0.39 is 35.4 Å². The maximum Gasteiger partial charge on any atom is 0.258 e. The zero-order valence-corrected chi connectivity index (χ0v) is 25.9. The SMILES string of the molecule is COC(COc1cc(-c2scnc2C)ccc1CNC(=O)C1CCCN1C(=O)C(NC(=O)C1(F)CC1)C(C)(C)C)OC. The average molecular weight is 605 g/mol. The van der Waals surface area contributed by atoms with Gasteiger partial charge in [0.2, 0.25) is 11.8 Å². The highest BCUT2D eigenvalue weighted by Crippen LogP contribution is 2.40. The number of ether oxygens (including phenoxy) is 3. The summed E-state index contributed by atoms with van der Waals surface area (Å²) in [7, 11) is 3.06. The topological polar surface area (TPSA) is 119 Å². The number of nitrogens with zero attached hydrogens (tertiary/aromatic N) is 2. The monoisotopic (exact) mass is 604 g/mol. The molecule has 42 heavy (non-hydrogen) atoms. The van der Waals surface area contributed by atoms with Crippen molar-refractivity contribution in [1.29, 1.82) is 0 Å². The lowest BCUT2D eigenvalue weighted by atomic mass is 9.85. The molecule has 2 aromatic rings. The number of nitrogens with one attached hydrogen (secondary N) is 2. The van der Waals surface area contributed by atoms with Crippen LogP contribution in [0.4, 0.5) is 4.39 Å². The van der Waals surface area contributed by atoms with Crippen LogP contribution in [0, 0.1) is 12.3 Å². The number of methoxy groups -OCH3 is 2. The first-order valence-corrected chi connectivity index (χ1v) is 15.1. The molecule has 1 aliphatic heterocycles. The number of carbonyl (C=O) groups excluding carboxylic acids is 3. The van der Waals surface area contributed by atoms with Crippen LogP contribution < -0.4 is 15.4 Å².